The van der Waals surface area contributed by atoms with Crippen molar-refractivity contribution in [2.45, 2.75) is 32.0 Å². The van der Waals surface area contributed by atoms with Gasteiger partial charge >= 0.3 is 6.03 Å². The zero-order valence-corrected chi connectivity index (χ0v) is 18.9. The van der Waals surface area contributed by atoms with E-state index in [-0.39, 0.29) is 12.4 Å². The van der Waals surface area contributed by atoms with Gasteiger partial charge in [-0.1, -0.05) is 36.0 Å². The van der Waals surface area contributed by atoms with Gasteiger partial charge in [0.2, 0.25) is 11.1 Å². The third kappa shape index (κ3) is 6.46. The van der Waals surface area contributed by atoms with E-state index < -0.39 is 11.9 Å². The number of thiophene rings is 1. The van der Waals surface area contributed by atoms with Crippen LogP contribution in [0.4, 0.5) is 4.79 Å². The number of imide groups is 1. The Balaban J connectivity index is 1.42. The molecule has 0 atom stereocenters. The van der Waals surface area contributed by atoms with E-state index in [1.165, 1.54) is 9.55 Å². The topological polar surface area (TPSA) is 124 Å². The Morgan fingerprint density at radius 3 is 2.68 bits per heavy atom. The normalized spacial score (nSPS) is 10.6. The van der Waals surface area contributed by atoms with Crippen molar-refractivity contribution in [3.8, 4) is 5.75 Å². The van der Waals surface area contributed by atoms with Crippen LogP contribution < -0.4 is 21.2 Å². The van der Waals surface area contributed by atoms with Crippen molar-refractivity contribution >= 4 is 35.0 Å². The van der Waals surface area contributed by atoms with Crippen molar-refractivity contribution in [2.75, 3.05) is 18.1 Å². The average Bonchev–Trinajstić information content (AvgIpc) is 3.36. The van der Waals surface area contributed by atoms with Gasteiger partial charge in [-0.05, 0) is 42.8 Å². The minimum Gasteiger partial charge on any atom is -0.485 e. The Morgan fingerprint density at radius 1 is 1.19 bits per heavy atom. The van der Waals surface area contributed by atoms with Crippen LogP contribution in [0.5, 0.6) is 5.75 Å². The number of hydrogen-bond acceptors (Lipinski definition) is 8. The lowest BCUT2D eigenvalue weighted by Gasteiger charge is -2.11. The first-order valence-corrected chi connectivity index (χ1v) is 11.4. The number of nitrogens with zero attached hydrogens (tertiary/aromatic N) is 3. The maximum Gasteiger partial charge on any atom is 0.321 e. The van der Waals surface area contributed by atoms with E-state index in [2.05, 4.69) is 20.8 Å². The molecule has 0 radical (unpaired) electrons. The lowest BCUT2D eigenvalue weighted by Crippen LogP contribution is -2.41. The first-order chi connectivity index (χ1) is 14.9. The molecule has 2 heterocycles. The molecule has 0 unspecified atom stereocenters. The van der Waals surface area contributed by atoms with E-state index in [1.807, 2.05) is 49.6 Å². The molecule has 0 bridgehead atoms. The number of hydrogen-bond donors (Lipinski definition) is 3. The molecule has 1 aromatic carbocycles. The fourth-order valence-electron chi connectivity index (χ4n) is 2.76. The number of nitrogens with one attached hydrogen (secondary N) is 2. The molecule has 164 valence electrons. The summed E-state index contributed by atoms with van der Waals surface area (Å²) < 4.78 is 7.13. The predicted octanol–water partition coefficient (Wildman–Crippen LogP) is 2.41. The SMILES string of the molecule is Cc1cccc(C)c1OCc1nnc(SCC(=O)NC(=O)NCCc2cccs2)n1N. The van der Waals surface area contributed by atoms with Crippen molar-refractivity contribution in [2.24, 2.45) is 0 Å². The molecule has 9 nitrogen and oxygen atoms in total. The second kappa shape index (κ2) is 10.8. The minimum atomic E-state index is -0.529. The van der Waals surface area contributed by atoms with E-state index in [0.29, 0.717) is 17.5 Å². The quantitative estimate of drug-likeness (QED) is 0.331. The number of carbonyl (C=O) groups is 2. The summed E-state index contributed by atoms with van der Waals surface area (Å²) in [6.07, 6.45) is 0.719. The van der Waals surface area contributed by atoms with Gasteiger partial charge in [-0.2, -0.15) is 0 Å². The van der Waals surface area contributed by atoms with Crippen LogP contribution in [0.25, 0.3) is 0 Å². The molecule has 0 spiro atoms. The summed E-state index contributed by atoms with van der Waals surface area (Å²) in [6.45, 7) is 4.53. The second-order valence-electron chi connectivity index (χ2n) is 6.70. The summed E-state index contributed by atoms with van der Waals surface area (Å²) in [5, 5.41) is 15.3. The molecule has 0 saturated heterocycles. The van der Waals surface area contributed by atoms with Crippen molar-refractivity contribution in [1.82, 2.24) is 25.5 Å². The van der Waals surface area contributed by atoms with Gasteiger partial charge in [0.05, 0.1) is 5.75 Å². The predicted molar refractivity (Wildman–Crippen MR) is 121 cm³/mol. The van der Waals surface area contributed by atoms with Crippen LogP contribution in [0.15, 0.2) is 40.9 Å². The second-order valence-corrected chi connectivity index (χ2v) is 8.68. The zero-order valence-electron chi connectivity index (χ0n) is 17.3. The molecule has 0 aliphatic rings. The molecule has 2 aromatic heterocycles. The molecular formula is C20H24N6O3S2. The van der Waals surface area contributed by atoms with E-state index in [4.69, 9.17) is 10.6 Å². The number of benzene rings is 1. The zero-order chi connectivity index (χ0) is 22.2. The van der Waals surface area contributed by atoms with E-state index >= 15 is 0 Å². The Labute approximate surface area is 188 Å². The number of thioether (sulfide) groups is 1. The fraction of sp³-hybridized carbons (Fsp3) is 0.300. The van der Waals surface area contributed by atoms with Gasteiger partial charge in [0.15, 0.2) is 5.82 Å². The van der Waals surface area contributed by atoms with Crippen molar-refractivity contribution in [3.05, 3.63) is 57.5 Å². The molecule has 31 heavy (non-hydrogen) atoms. The number of nitrogen functional groups attached to an aromatic ring is 1. The first-order valence-electron chi connectivity index (χ1n) is 9.55. The Hall–Kier alpha value is -3.05. The van der Waals surface area contributed by atoms with E-state index in [9.17, 15) is 9.59 Å². The van der Waals surface area contributed by atoms with Gasteiger partial charge in [0.25, 0.3) is 0 Å². The lowest BCUT2D eigenvalue weighted by atomic mass is 10.1. The maximum atomic E-state index is 12.0. The van der Waals surface area contributed by atoms with Crippen LogP contribution in [0, 0.1) is 13.8 Å². The van der Waals surface area contributed by atoms with Gasteiger partial charge in [0.1, 0.15) is 12.4 Å². The number of rotatable bonds is 9. The lowest BCUT2D eigenvalue weighted by molar-refractivity contribution is -0.117. The van der Waals surface area contributed by atoms with Gasteiger partial charge in [0, 0.05) is 11.4 Å². The number of nitrogens with two attached hydrogens (primary N) is 1. The molecule has 0 fully saturated rings. The van der Waals surface area contributed by atoms with Crippen LogP contribution in [-0.4, -0.2) is 39.1 Å². The molecule has 0 aliphatic heterocycles. The van der Waals surface area contributed by atoms with Crippen LogP contribution in [0.1, 0.15) is 21.8 Å². The number of aromatic nitrogens is 3. The summed E-state index contributed by atoms with van der Waals surface area (Å²) in [4.78, 5) is 25.0. The largest absolute Gasteiger partial charge is 0.485 e. The third-order valence-corrected chi connectivity index (χ3v) is 6.19. The molecule has 3 rings (SSSR count). The molecule has 0 saturated carbocycles. The highest BCUT2D eigenvalue weighted by Gasteiger charge is 2.15. The van der Waals surface area contributed by atoms with Crippen LogP contribution >= 0.6 is 23.1 Å². The number of amides is 3. The number of para-hydroxylation sites is 1. The minimum absolute atomic E-state index is 0.0224. The van der Waals surface area contributed by atoms with E-state index in [1.54, 1.807) is 11.3 Å². The molecule has 4 N–H and O–H groups in total. The van der Waals surface area contributed by atoms with Gasteiger partial charge in [-0.3, -0.25) is 10.1 Å². The smallest absolute Gasteiger partial charge is 0.321 e. The number of ether oxygens (including phenoxy) is 1. The summed E-state index contributed by atoms with van der Waals surface area (Å²) >= 11 is 2.71. The highest BCUT2D eigenvalue weighted by molar-refractivity contribution is 7.99. The standard InChI is InChI=1S/C20H24N6O3S2/c1-13-5-3-6-14(2)18(13)29-11-16-24-25-20(26(16)21)31-12-17(27)23-19(28)22-9-8-15-7-4-10-30-15/h3-7,10H,8-9,11-12,21H2,1-2H3,(H2,22,23,27,28). The van der Waals surface area contributed by atoms with Crippen molar-refractivity contribution in [1.29, 1.82) is 0 Å². The molecule has 0 aliphatic carbocycles. The molecular weight excluding hydrogens is 436 g/mol. The fourth-order valence-corrected chi connectivity index (χ4v) is 4.14. The average molecular weight is 461 g/mol. The van der Waals surface area contributed by atoms with Gasteiger partial charge in [-0.25, -0.2) is 9.47 Å². The summed E-state index contributed by atoms with van der Waals surface area (Å²) in [5.41, 5.74) is 2.03. The summed E-state index contributed by atoms with van der Waals surface area (Å²) in [7, 11) is 0. The highest BCUT2D eigenvalue weighted by atomic mass is 32.2. The molecule has 3 aromatic rings. The number of carbonyl (C=O) groups excluding carboxylic acids is 2. The first kappa shape index (κ1) is 22.6. The number of urea groups is 1. The van der Waals surface area contributed by atoms with Crippen LogP contribution in [0.2, 0.25) is 0 Å². The van der Waals surface area contributed by atoms with Crippen molar-refractivity contribution in [3.63, 3.8) is 0 Å². The van der Waals surface area contributed by atoms with Crippen molar-refractivity contribution < 1.29 is 14.3 Å². The van der Waals surface area contributed by atoms with Crippen LogP contribution in [0.3, 0.4) is 0 Å². The van der Waals surface area contributed by atoms with Crippen LogP contribution in [-0.2, 0) is 17.8 Å². The highest BCUT2D eigenvalue weighted by Crippen LogP contribution is 2.23. The summed E-state index contributed by atoms with van der Waals surface area (Å²) in [6, 6.07) is 9.32. The van der Waals surface area contributed by atoms with Gasteiger partial charge in [-0.15, -0.1) is 21.5 Å². The molecule has 11 heteroatoms. The Morgan fingerprint density at radius 2 is 1.97 bits per heavy atom. The van der Waals surface area contributed by atoms with E-state index in [0.717, 1.165) is 35.1 Å². The number of aryl methyl sites for hydroxylation is 2. The summed E-state index contributed by atoms with van der Waals surface area (Å²) in [5.74, 6) is 6.76. The molecule has 3 amide bonds. The van der Waals surface area contributed by atoms with Gasteiger partial charge < -0.3 is 15.9 Å². The Kier molecular flexibility index (Phi) is 7.90. The third-order valence-electron chi connectivity index (χ3n) is 4.31. The monoisotopic (exact) mass is 460 g/mol. The maximum absolute atomic E-state index is 12.0. The Bertz CT molecular complexity index is 1020.